The van der Waals surface area contributed by atoms with Crippen molar-refractivity contribution in [3.05, 3.63) is 0 Å². The van der Waals surface area contributed by atoms with Crippen molar-refractivity contribution in [2.45, 2.75) is 59.1 Å². The van der Waals surface area contributed by atoms with Crippen LogP contribution in [-0.2, 0) is 4.74 Å². The van der Waals surface area contributed by atoms with E-state index in [0.717, 1.165) is 19.4 Å². The van der Waals surface area contributed by atoms with Gasteiger partial charge >= 0.3 is 0 Å². The van der Waals surface area contributed by atoms with Crippen molar-refractivity contribution in [1.29, 1.82) is 5.26 Å². The highest BCUT2D eigenvalue weighted by molar-refractivity contribution is 5.03. The van der Waals surface area contributed by atoms with Gasteiger partial charge in [-0.2, -0.15) is 5.26 Å². The molecule has 0 heterocycles. The van der Waals surface area contributed by atoms with Crippen molar-refractivity contribution in [2.24, 2.45) is 5.92 Å². The van der Waals surface area contributed by atoms with Crippen molar-refractivity contribution in [3.8, 4) is 6.07 Å². The van der Waals surface area contributed by atoms with Crippen LogP contribution in [0.15, 0.2) is 0 Å². The maximum absolute atomic E-state index is 9.12. The van der Waals surface area contributed by atoms with E-state index in [4.69, 9.17) is 10.00 Å². The van der Waals surface area contributed by atoms with Crippen LogP contribution in [0.1, 0.15) is 47.5 Å². The predicted octanol–water partition coefficient (Wildman–Crippen LogP) is 2.72. The molecule has 2 unspecified atom stereocenters. The van der Waals surface area contributed by atoms with Crippen LogP contribution in [0.5, 0.6) is 0 Å². The average molecular weight is 226 g/mol. The first-order chi connectivity index (χ1) is 7.45. The minimum atomic E-state index is -0.452. The molecular weight excluding hydrogens is 200 g/mol. The summed E-state index contributed by atoms with van der Waals surface area (Å²) in [6.45, 7) is 11.9. The molecule has 94 valence electrons. The summed E-state index contributed by atoms with van der Waals surface area (Å²) in [5, 5.41) is 12.4. The average Bonchev–Trinajstić information content (AvgIpc) is 2.26. The number of ether oxygens (including phenoxy) is 1. The number of nitrogens with zero attached hydrogens (tertiary/aromatic N) is 1. The van der Waals surface area contributed by atoms with Gasteiger partial charge < -0.3 is 4.74 Å². The normalized spacial score (nSPS) is 16.8. The molecule has 0 aromatic carbocycles. The Labute approximate surface area is 100 Å². The first kappa shape index (κ1) is 15.4. The van der Waals surface area contributed by atoms with Gasteiger partial charge in [-0.3, -0.25) is 5.32 Å². The van der Waals surface area contributed by atoms with Gasteiger partial charge in [-0.1, -0.05) is 20.8 Å². The summed E-state index contributed by atoms with van der Waals surface area (Å²) in [4.78, 5) is 0. The Morgan fingerprint density at radius 2 is 2.00 bits per heavy atom. The van der Waals surface area contributed by atoms with E-state index in [0.29, 0.717) is 12.5 Å². The van der Waals surface area contributed by atoms with Crippen molar-refractivity contribution < 1.29 is 4.74 Å². The molecule has 0 amide bonds. The molecule has 0 aromatic heterocycles. The van der Waals surface area contributed by atoms with Crippen molar-refractivity contribution in [3.63, 3.8) is 0 Å². The zero-order chi connectivity index (χ0) is 12.6. The summed E-state index contributed by atoms with van der Waals surface area (Å²) < 4.78 is 5.69. The van der Waals surface area contributed by atoms with Crippen LogP contribution in [0, 0.1) is 17.2 Å². The van der Waals surface area contributed by atoms with E-state index in [1.165, 1.54) is 0 Å². The topological polar surface area (TPSA) is 45.0 Å². The molecule has 0 radical (unpaired) electrons. The Balaban J connectivity index is 3.92. The van der Waals surface area contributed by atoms with Gasteiger partial charge in [0.25, 0.3) is 0 Å². The largest absolute Gasteiger partial charge is 0.378 e. The lowest BCUT2D eigenvalue weighted by Gasteiger charge is -2.24. The standard InChI is InChI=1S/C13H26N2O/c1-6-8-15-13(5,10-14)7-9-16-12(4)11(2)3/h11-12,15H,6-9H2,1-5H3. The molecule has 0 saturated carbocycles. The molecule has 1 N–H and O–H groups in total. The van der Waals surface area contributed by atoms with Gasteiger partial charge in [-0.25, -0.2) is 0 Å². The van der Waals surface area contributed by atoms with Crippen LogP contribution in [0.2, 0.25) is 0 Å². The zero-order valence-electron chi connectivity index (χ0n) is 11.3. The second kappa shape index (κ2) is 7.65. The van der Waals surface area contributed by atoms with Gasteiger partial charge in [0.2, 0.25) is 0 Å². The fraction of sp³-hybridized carbons (Fsp3) is 0.923. The van der Waals surface area contributed by atoms with Crippen LogP contribution in [0.4, 0.5) is 0 Å². The predicted molar refractivity (Wildman–Crippen MR) is 67.2 cm³/mol. The molecular formula is C13H26N2O. The second-order valence-corrected chi connectivity index (χ2v) is 4.94. The quantitative estimate of drug-likeness (QED) is 0.692. The molecule has 0 saturated heterocycles. The van der Waals surface area contributed by atoms with Crippen LogP contribution in [-0.4, -0.2) is 24.8 Å². The minimum absolute atomic E-state index is 0.258. The highest BCUT2D eigenvalue weighted by Crippen LogP contribution is 2.11. The van der Waals surface area contributed by atoms with E-state index in [1.807, 2.05) is 6.92 Å². The number of rotatable bonds is 8. The molecule has 3 heteroatoms. The summed E-state index contributed by atoms with van der Waals surface area (Å²) in [6.07, 6.45) is 2.04. The molecule has 16 heavy (non-hydrogen) atoms. The zero-order valence-corrected chi connectivity index (χ0v) is 11.3. The van der Waals surface area contributed by atoms with Crippen molar-refractivity contribution >= 4 is 0 Å². The molecule has 0 aromatic rings. The van der Waals surface area contributed by atoms with Crippen LogP contribution < -0.4 is 5.32 Å². The summed E-state index contributed by atoms with van der Waals surface area (Å²) >= 11 is 0. The summed E-state index contributed by atoms with van der Waals surface area (Å²) in [5.41, 5.74) is -0.452. The molecule has 0 aliphatic rings. The Morgan fingerprint density at radius 1 is 1.38 bits per heavy atom. The van der Waals surface area contributed by atoms with Crippen molar-refractivity contribution in [1.82, 2.24) is 5.32 Å². The Hall–Kier alpha value is -0.590. The fourth-order valence-corrected chi connectivity index (χ4v) is 1.23. The third-order valence-corrected chi connectivity index (χ3v) is 2.93. The van der Waals surface area contributed by atoms with Gasteiger partial charge in [-0.05, 0) is 32.7 Å². The maximum Gasteiger partial charge on any atom is 0.106 e. The summed E-state index contributed by atoms with van der Waals surface area (Å²) in [5.74, 6) is 0.525. The monoisotopic (exact) mass is 226 g/mol. The van der Waals surface area contributed by atoms with E-state index in [1.54, 1.807) is 0 Å². The lowest BCUT2D eigenvalue weighted by molar-refractivity contribution is 0.0273. The van der Waals surface area contributed by atoms with Gasteiger partial charge in [0.05, 0.1) is 12.2 Å². The van der Waals surface area contributed by atoms with E-state index in [2.05, 4.69) is 39.1 Å². The molecule has 0 aliphatic carbocycles. The maximum atomic E-state index is 9.12. The highest BCUT2D eigenvalue weighted by Gasteiger charge is 2.22. The molecule has 0 spiro atoms. The molecule has 2 atom stereocenters. The number of nitriles is 1. The molecule has 0 bridgehead atoms. The Morgan fingerprint density at radius 3 is 2.44 bits per heavy atom. The van der Waals surface area contributed by atoms with E-state index in [-0.39, 0.29) is 6.10 Å². The summed E-state index contributed by atoms with van der Waals surface area (Å²) in [6, 6.07) is 2.33. The van der Waals surface area contributed by atoms with E-state index < -0.39 is 5.54 Å². The van der Waals surface area contributed by atoms with E-state index in [9.17, 15) is 0 Å². The third kappa shape index (κ3) is 6.09. The third-order valence-electron chi connectivity index (χ3n) is 2.93. The first-order valence-electron chi connectivity index (χ1n) is 6.23. The van der Waals surface area contributed by atoms with Crippen LogP contribution in [0.3, 0.4) is 0 Å². The first-order valence-corrected chi connectivity index (χ1v) is 6.23. The van der Waals surface area contributed by atoms with Crippen LogP contribution >= 0.6 is 0 Å². The van der Waals surface area contributed by atoms with Gasteiger partial charge in [-0.15, -0.1) is 0 Å². The fourth-order valence-electron chi connectivity index (χ4n) is 1.23. The molecule has 0 rings (SSSR count). The van der Waals surface area contributed by atoms with E-state index >= 15 is 0 Å². The van der Waals surface area contributed by atoms with Crippen molar-refractivity contribution in [2.75, 3.05) is 13.2 Å². The lowest BCUT2D eigenvalue weighted by atomic mass is 10.00. The molecule has 0 fully saturated rings. The minimum Gasteiger partial charge on any atom is -0.378 e. The van der Waals surface area contributed by atoms with Gasteiger partial charge in [0, 0.05) is 13.0 Å². The Kier molecular flexibility index (Phi) is 7.36. The second-order valence-electron chi connectivity index (χ2n) is 4.94. The van der Waals surface area contributed by atoms with Gasteiger partial charge in [0.1, 0.15) is 5.54 Å². The lowest BCUT2D eigenvalue weighted by Crippen LogP contribution is -2.42. The van der Waals surface area contributed by atoms with Crippen LogP contribution in [0.25, 0.3) is 0 Å². The summed E-state index contributed by atoms with van der Waals surface area (Å²) in [7, 11) is 0. The number of hydrogen-bond acceptors (Lipinski definition) is 3. The molecule has 0 aliphatic heterocycles. The van der Waals surface area contributed by atoms with Gasteiger partial charge in [0.15, 0.2) is 0 Å². The number of nitrogens with one attached hydrogen (secondary N) is 1. The molecule has 3 nitrogen and oxygen atoms in total. The smallest absolute Gasteiger partial charge is 0.106 e. The Bertz CT molecular complexity index is 222. The number of hydrogen-bond donors (Lipinski definition) is 1. The SMILES string of the molecule is CCCNC(C)(C#N)CCOC(C)C(C)C. The highest BCUT2D eigenvalue weighted by atomic mass is 16.5.